The van der Waals surface area contributed by atoms with Gasteiger partial charge in [0.15, 0.2) is 0 Å². The Labute approximate surface area is 78.4 Å². The highest BCUT2D eigenvalue weighted by atomic mass is 16.3. The standard InChI is InChI=1S/C9H17N3O/c1-6(10)9-4-11-12(5-9)7(2)8(3)13/h4-8,13H,10H2,1-3H3/t6-,7?,8?/m0/s1. The van der Waals surface area contributed by atoms with Crippen molar-refractivity contribution in [2.75, 3.05) is 0 Å². The van der Waals surface area contributed by atoms with Crippen molar-refractivity contribution in [3.63, 3.8) is 0 Å². The number of hydrogen-bond donors (Lipinski definition) is 2. The second-order valence-corrected chi connectivity index (χ2v) is 3.52. The van der Waals surface area contributed by atoms with Gasteiger partial charge >= 0.3 is 0 Å². The van der Waals surface area contributed by atoms with Crippen molar-refractivity contribution in [2.24, 2.45) is 5.73 Å². The molecule has 0 bridgehead atoms. The molecule has 0 aliphatic heterocycles. The average Bonchev–Trinajstić information content (AvgIpc) is 2.50. The minimum atomic E-state index is -0.402. The van der Waals surface area contributed by atoms with Crippen LogP contribution < -0.4 is 5.73 Å². The highest BCUT2D eigenvalue weighted by molar-refractivity contribution is 5.08. The fourth-order valence-electron chi connectivity index (χ4n) is 1.03. The Morgan fingerprint density at radius 3 is 2.46 bits per heavy atom. The second-order valence-electron chi connectivity index (χ2n) is 3.52. The molecular formula is C9H17N3O. The Bertz CT molecular complexity index is 268. The van der Waals surface area contributed by atoms with Crippen molar-refractivity contribution in [3.8, 4) is 0 Å². The van der Waals surface area contributed by atoms with Gasteiger partial charge in [0, 0.05) is 17.8 Å². The van der Waals surface area contributed by atoms with Gasteiger partial charge in [0.25, 0.3) is 0 Å². The number of aromatic nitrogens is 2. The lowest BCUT2D eigenvalue weighted by Crippen LogP contribution is -2.18. The number of nitrogens with zero attached hydrogens (tertiary/aromatic N) is 2. The summed E-state index contributed by atoms with van der Waals surface area (Å²) in [5, 5.41) is 13.5. The van der Waals surface area contributed by atoms with E-state index in [9.17, 15) is 5.11 Å². The summed E-state index contributed by atoms with van der Waals surface area (Å²) >= 11 is 0. The van der Waals surface area contributed by atoms with Crippen LogP contribution in [0.2, 0.25) is 0 Å². The molecule has 0 aliphatic carbocycles. The van der Waals surface area contributed by atoms with E-state index < -0.39 is 6.10 Å². The Hall–Kier alpha value is -0.870. The number of rotatable bonds is 3. The molecule has 0 amide bonds. The van der Waals surface area contributed by atoms with Gasteiger partial charge in [0.1, 0.15) is 0 Å². The molecule has 0 fully saturated rings. The third-order valence-corrected chi connectivity index (χ3v) is 2.26. The molecule has 2 unspecified atom stereocenters. The van der Waals surface area contributed by atoms with Crippen molar-refractivity contribution < 1.29 is 5.11 Å². The fourth-order valence-corrected chi connectivity index (χ4v) is 1.03. The largest absolute Gasteiger partial charge is 0.391 e. The number of hydrogen-bond acceptors (Lipinski definition) is 3. The van der Waals surface area contributed by atoms with Crippen LogP contribution in [0, 0.1) is 0 Å². The van der Waals surface area contributed by atoms with Crippen molar-refractivity contribution in [3.05, 3.63) is 18.0 Å². The van der Waals surface area contributed by atoms with E-state index in [1.165, 1.54) is 0 Å². The van der Waals surface area contributed by atoms with Crippen LogP contribution in [0.3, 0.4) is 0 Å². The molecular weight excluding hydrogens is 166 g/mol. The van der Waals surface area contributed by atoms with Crippen LogP contribution in [0.15, 0.2) is 12.4 Å². The topological polar surface area (TPSA) is 64.1 Å². The normalized spacial score (nSPS) is 18.2. The molecule has 4 heteroatoms. The zero-order valence-electron chi connectivity index (χ0n) is 8.31. The number of aliphatic hydroxyl groups excluding tert-OH is 1. The summed E-state index contributed by atoms with van der Waals surface area (Å²) in [5.74, 6) is 0. The van der Waals surface area contributed by atoms with Crippen LogP contribution in [0.1, 0.15) is 38.4 Å². The molecule has 0 radical (unpaired) electrons. The summed E-state index contributed by atoms with van der Waals surface area (Å²) in [5.41, 5.74) is 6.68. The highest BCUT2D eigenvalue weighted by Crippen LogP contribution is 2.13. The molecule has 74 valence electrons. The third-order valence-electron chi connectivity index (χ3n) is 2.26. The molecule has 0 saturated heterocycles. The first-order valence-corrected chi connectivity index (χ1v) is 4.50. The van der Waals surface area contributed by atoms with Gasteiger partial charge in [-0.05, 0) is 20.8 Å². The van der Waals surface area contributed by atoms with E-state index in [4.69, 9.17) is 5.73 Å². The van der Waals surface area contributed by atoms with Gasteiger partial charge in [-0.15, -0.1) is 0 Å². The van der Waals surface area contributed by atoms with E-state index in [2.05, 4.69) is 5.10 Å². The quantitative estimate of drug-likeness (QED) is 0.730. The second kappa shape index (κ2) is 3.89. The molecule has 1 aromatic rings. The van der Waals surface area contributed by atoms with Crippen molar-refractivity contribution >= 4 is 0 Å². The lowest BCUT2D eigenvalue weighted by molar-refractivity contribution is 0.132. The zero-order valence-corrected chi connectivity index (χ0v) is 8.31. The van der Waals surface area contributed by atoms with Gasteiger partial charge < -0.3 is 10.8 Å². The summed E-state index contributed by atoms with van der Waals surface area (Å²) in [6.07, 6.45) is 3.21. The first kappa shape index (κ1) is 10.2. The maximum absolute atomic E-state index is 9.33. The molecule has 0 saturated carbocycles. The Balaban J connectivity index is 2.79. The van der Waals surface area contributed by atoms with Gasteiger partial charge in [0.2, 0.25) is 0 Å². The van der Waals surface area contributed by atoms with E-state index in [0.29, 0.717) is 0 Å². The van der Waals surface area contributed by atoms with Crippen molar-refractivity contribution in [1.29, 1.82) is 0 Å². The van der Waals surface area contributed by atoms with Crippen LogP contribution >= 0.6 is 0 Å². The smallest absolute Gasteiger partial charge is 0.0747 e. The summed E-state index contributed by atoms with van der Waals surface area (Å²) in [4.78, 5) is 0. The molecule has 13 heavy (non-hydrogen) atoms. The van der Waals surface area contributed by atoms with E-state index in [-0.39, 0.29) is 12.1 Å². The predicted molar refractivity (Wildman–Crippen MR) is 51.2 cm³/mol. The van der Waals surface area contributed by atoms with Crippen molar-refractivity contribution in [2.45, 2.75) is 39.0 Å². The molecule has 1 heterocycles. The lowest BCUT2D eigenvalue weighted by atomic mass is 10.2. The Morgan fingerprint density at radius 2 is 2.08 bits per heavy atom. The first-order chi connectivity index (χ1) is 6.02. The van der Waals surface area contributed by atoms with E-state index in [0.717, 1.165) is 5.56 Å². The highest BCUT2D eigenvalue weighted by Gasteiger charge is 2.12. The first-order valence-electron chi connectivity index (χ1n) is 4.50. The zero-order chi connectivity index (χ0) is 10.0. The van der Waals surface area contributed by atoms with Crippen LogP contribution in [0.4, 0.5) is 0 Å². The maximum atomic E-state index is 9.33. The van der Waals surface area contributed by atoms with Crippen LogP contribution in [-0.4, -0.2) is 21.0 Å². The van der Waals surface area contributed by atoms with Crippen molar-refractivity contribution in [1.82, 2.24) is 9.78 Å². The molecule has 1 rings (SSSR count). The van der Waals surface area contributed by atoms with E-state index >= 15 is 0 Å². The number of aliphatic hydroxyl groups is 1. The van der Waals surface area contributed by atoms with Gasteiger partial charge in [-0.1, -0.05) is 0 Å². The summed E-state index contributed by atoms with van der Waals surface area (Å²) in [6, 6.07) is -0.0116. The average molecular weight is 183 g/mol. The van der Waals surface area contributed by atoms with Crippen LogP contribution in [-0.2, 0) is 0 Å². The monoisotopic (exact) mass is 183 g/mol. The number of nitrogens with two attached hydrogens (primary N) is 1. The van der Waals surface area contributed by atoms with Crippen LogP contribution in [0.5, 0.6) is 0 Å². The molecule has 4 nitrogen and oxygen atoms in total. The summed E-state index contributed by atoms with van der Waals surface area (Å²) in [6.45, 7) is 5.58. The van der Waals surface area contributed by atoms with Gasteiger partial charge in [0.05, 0.1) is 18.3 Å². The molecule has 0 aliphatic rings. The maximum Gasteiger partial charge on any atom is 0.0747 e. The molecule has 0 aromatic carbocycles. The SMILES string of the molecule is CC(O)C(C)n1cc([C@H](C)N)cn1. The minimum Gasteiger partial charge on any atom is -0.391 e. The minimum absolute atomic E-state index is 0.00468. The van der Waals surface area contributed by atoms with Gasteiger partial charge in [-0.2, -0.15) is 5.10 Å². The molecule has 1 aromatic heterocycles. The van der Waals surface area contributed by atoms with Crippen LogP contribution in [0.25, 0.3) is 0 Å². The third kappa shape index (κ3) is 2.29. The predicted octanol–water partition coefficient (Wildman–Crippen LogP) is 0.845. The molecule has 3 N–H and O–H groups in total. The van der Waals surface area contributed by atoms with E-state index in [1.54, 1.807) is 17.8 Å². The summed E-state index contributed by atoms with van der Waals surface area (Å²) < 4.78 is 1.74. The van der Waals surface area contributed by atoms with Gasteiger partial charge in [-0.25, -0.2) is 0 Å². The van der Waals surface area contributed by atoms with E-state index in [1.807, 2.05) is 20.0 Å². The lowest BCUT2D eigenvalue weighted by Gasteiger charge is -2.14. The summed E-state index contributed by atoms with van der Waals surface area (Å²) in [7, 11) is 0. The Kier molecular flexibility index (Phi) is 3.06. The molecule has 0 spiro atoms. The fraction of sp³-hybridized carbons (Fsp3) is 0.667. The van der Waals surface area contributed by atoms with Gasteiger partial charge in [-0.3, -0.25) is 4.68 Å². The Morgan fingerprint density at radius 1 is 1.46 bits per heavy atom. The molecule has 3 atom stereocenters.